The Bertz CT molecular complexity index is 619. The summed E-state index contributed by atoms with van der Waals surface area (Å²) in [6.45, 7) is 4.67. The summed E-state index contributed by atoms with van der Waals surface area (Å²) in [7, 11) is 0. The van der Waals surface area contributed by atoms with Crippen LogP contribution in [0.5, 0.6) is 5.75 Å². The first-order chi connectivity index (χ1) is 15.7. The molecule has 0 heterocycles. The highest BCUT2D eigenvalue weighted by Gasteiger charge is 2.10. The molecule has 1 aromatic carbocycles. The zero-order valence-electron chi connectivity index (χ0n) is 20.6. The molecular formula is C27H46N2O3. The normalized spacial score (nSPS) is 10.7. The highest BCUT2D eigenvalue weighted by atomic mass is 16.5. The number of benzene rings is 1. The summed E-state index contributed by atoms with van der Waals surface area (Å²) in [6, 6.07) is 6.69. The lowest BCUT2D eigenvalue weighted by molar-refractivity contribution is -0.120. The molecule has 0 aliphatic rings. The van der Waals surface area contributed by atoms with Gasteiger partial charge in [0.2, 0.25) is 5.91 Å². The summed E-state index contributed by atoms with van der Waals surface area (Å²) in [5, 5.41) is 5.09. The van der Waals surface area contributed by atoms with Crippen molar-refractivity contribution in [2.75, 3.05) is 11.9 Å². The maximum atomic E-state index is 12.0. The molecule has 5 heteroatoms. The van der Waals surface area contributed by atoms with E-state index in [1.165, 1.54) is 83.5 Å². The summed E-state index contributed by atoms with van der Waals surface area (Å²) in [5.74, 6) is 0.367. The van der Waals surface area contributed by atoms with E-state index in [9.17, 15) is 9.59 Å². The summed E-state index contributed by atoms with van der Waals surface area (Å²) >= 11 is 0. The smallest absolute Gasteiger partial charge is 0.325 e. The van der Waals surface area contributed by atoms with Crippen molar-refractivity contribution in [3.8, 4) is 5.75 Å². The molecule has 32 heavy (non-hydrogen) atoms. The molecule has 1 aromatic rings. The van der Waals surface area contributed by atoms with Gasteiger partial charge in [-0.15, -0.1) is 0 Å². The van der Waals surface area contributed by atoms with E-state index in [1.807, 2.05) is 19.1 Å². The standard InChI is InChI=1S/C27H46N2O3/c1-3-5-6-7-8-9-10-11-12-13-14-15-16-17-18-23-26(30)29-27(31)28-24-21-19-20-22-25(24)32-4-2/h19-22H,3-18,23H2,1-2H3,(H2,28,29,30,31). The number of imide groups is 1. The van der Waals surface area contributed by atoms with E-state index in [-0.39, 0.29) is 5.91 Å². The van der Waals surface area contributed by atoms with Crippen molar-refractivity contribution >= 4 is 17.6 Å². The molecule has 0 bridgehead atoms. The predicted molar refractivity (Wildman–Crippen MR) is 134 cm³/mol. The number of carbonyl (C=O) groups excluding carboxylic acids is 2. The molecule has 0 aromatic heterocycles. The Morgan fingerprint density at radius 1 is 0.719 bits per heavy atom. The Morgan fingerprint density at radius 2 is 1.22 bits per heavy atom. The van der Waals surface area contributed by atoms with Crippen LogP contribution in [0.25, 0.3) is 0 Å². The van der Waals surface area contributed by atoms with Crippen LogP contribution in [0.4, 0.5) is 10.5 Å². The molecule has 0 spiro atoms. The molecular weight excluding hydrogens is 400 g/mol. The Kier molecular flexibility index (Phi) is 17.2. The number of para-hydroxylation sites is 2. The molecule has 5 nitrogen and oxygen atoms in total. The van der Waals surface area contributed by atoms with Gasteiger partial charge in [-0.1, -0.05) is 109 Å². The van der Waals surface area contributed by atoms with E-state index in [4.69, 9.17) is 4.74 Å². The summed E-state index contributed by atoms with van der Waals surface area (Å²) in [6.07, 6.45) is 19.8. The van der Waals surface area contributed by atoms with Crippen LogP contribution in [0.2, 0.25) is 0 Å². The number of rotatable bonds is 19. The van der Waals surface area contributed by atoms with Crippen molar-refractivity contribution < 1.29 is 14.3 Å². The maximum Gasteiger partial charge on any atom is 0.325 e. The van der Waals surface area contributed by atoms with Crippen LogP contribution in [0.3, 0.4) is 0 Å². The van der Waals surface area contributed by atoms with Gasteiger partial charge in [-0.2, -0.15) is 0 Å². The van der Waals surface area contributed by atoms with Gasteiger partial charge in [0.25, 0.3) is 0 Å². The van der Waals surface area contributed by atoms with Gasteiger partial charge in [-0.25, -0.2) is 4.79 Å². The number of hydrogen-bond donors (Lipinski definition) is 2. The number of carbonyl (C=O) groups is 2. The van der Waals surface area contributed by atoms with E-state index in [0.717, 1.165) is 12.8 Å². The van der Waals surface area contributed by atoms with E-state index in [1.54, 1.807) is 12.1 Å². The van der Waals surface area contributed by atoms with Crippen LogP contribution in [-0.2, 0) is 4.79 Å². The van der Waals surface area contributed by atoms with Gasteiger partial charge in [0, 0.05) is 6.42 Å². The zero-order chi connectivity index (χ0) is 23.3. The molecule has 0 saturated heterocycles. The van der Waals surface area contributed by atoms with Crippen molar-refractivity contribution in [1.82, 2.24) is 5.32 Å². The molecule has 0 radical (unpaired) electrons. The van der Waals surface area contributed by atoms with Crippen LogP contribution in [0.1, 0.15) is 117 Å². The molecule has 0 aliphatic heterocycles. The van der Waals surface area contributed by atoms with Crippen molar-refractivity contribution in [3.63, 3.8) is 0 Å². The monoisotopic (exact) mass is 446 g/mol. The topological polar surface area (TPSA) is 67.4 Å². The van der Waals surface area contributed by atoms with E-state index >= 15 is 0 Å². The van der Waals surface area contributed by atoms with Gasteiger partial charge in [0.05, 0.1) is 12.3 Å². The second-order valence-electron chi connectivity index (χ2n) is 8.63. The Morgan fingerprint density at radius 3 is 1.75 bits per heavy atom. The van der Waals surface area contributed by atoms with E-state index < -0.39 is 6.03 Å². The molecule has 2 N–H and O–H groups in total. The highest BCUT2D eigenvalue weighted by molar-refractivity contribution is 6.01. The number of unbranched alkanes of at least 4 members (excludes halogenated alkanes) is 14. The van der Waals surface area contributed by atoms with Crippen LogP contribution in [0.15, 0.2) is 24.3 Å². The van der Waals surface area contributed by atoms with Crippen molar-refractivity contribution in [2.24, 2.45) is 0 Å². The minimum Gasteiger partial charge on any atom is -0.492 e. The van der Waals surface area contributed by atoms with Crippen LogP contribution < -0.4 is 15.4 Å². The second-order valence-corrected chi connectivity index (χ2v) is 8.63. The van der Waals surface area contributed by atoms with E-state index in [0.29, 0.717) is 24.5 Å². The Balaban J connectivity index is 1.95. The first-order valence-corrected chi connectivity index (χ1v) is 13.0. The highest BCUT2D eigenvalue weighted by Crippen LogP contribution is 2.23. The predicted octanol–water partition coefficient (Wildman–Crippen LogP) is 7.99. The molecule has 0 fully saturated rings. The first-order valence-electron chi connectivity index (χ1n) is 13.0. The van der Waals surface area contributed by atoms with Gasteiger partial charge in [0.1, 0.15) is 5.75 Å². The quantitative estimate of drug-likeness (QED) is 0.212. The summed E-state index contributed by atoms with van der Waals surface area (Å²) in [4.78, 5) is 24.0. The fourth-order valence-corrected chi connectivity index (χ4v) is 3.85. The number of anilines is 1. The van der Waals surface area contributed by atoms with Gasteiger partial charge >= 0.3 is 6.03 Å². The van der Waals surface area contributed by atoms with Gasteiger partial charge in [-0.05, 0) is 25.5 Å². The second kappa shape index (κ2) is 19.6. The third-order valence-electron chi connectivity index (χ3n) is 5.70. The number of urea groups is 1. The summed E-state index contributed by atoms with van der Waals surface area (Å²) < 4.78 is 5.48. The van der Waals surface area contributed by atoms with Crippen LogP contribution >= 0.6 is 0 Å². The molecule has 0 saturated carbocycles. The molecule has 3 amide bonds. The van der Waals surface area contributed by atoms with Gasteiger partial charge < -0.3 is 10.1 Å². The molecule has 0 aliphatic carbocycles. The molecule has 182 valence electrons. The van der Waals surface area contributed by atoms with Crippen LogP contribution in [-0.4, -0.2) is 18.5 Å². The minimum absolute atomic E-state index is 0.230. The Hall–Kier alpha value is -2.04. The fourth-order valence-electron chi connectivity index (χ4n) is 3.85. The van der Waals surface area contributed by atoms with Crippen molar-refractivity contribution in [2.45, 2.75) is 117 Å². The molecule has 1 rings (SSSR count). The number of nitrogens with one attached hydrogen (secondary N) is 2. The van der Waals surface area contributed by atoms with Crippen molar-refractivity contribution in [3.05, 3.63) is 24.3 Å². The van der Waals surface area contributed by atoms with E-state index in [2.05, 4.69) is 17.6 Å². The maximum absolute atomic E-state index is 12.0. The fraction of sp³-hybridized carbons (Fsp3) is 0.704. The first kappa shape index (κ1) is 28.0. The number of ether oxygens (including phenoxy) is 1. The van der Waals surface area contributed by atoms with Crippen LogP contribution in [0, 0.1) is 0 Å². The van der Waals surface area contributed by atoms with Crippen molar-refractivity contribution in [1.29, 1.82) is 0 Å². The van der Waals surface area contributed by atoms with Gasteiger partial charge in [0.15, 0.2) is 0 Å². The lowest BCUT2D eigenvalue weighted by Crippen LogP contribution is -2.34. The lowest BCUT2D eigenvalue weighted by Gasteiger charge is -2.11. The number of amides is 3. The zero-order valence-corrected chi connectivity index (χ0v) is 20.6. The molecule has 0 atom stereocenters. The third kappa shape index (κ3) is 14.9. The lowest BCUT2D eigenvalue weighted by atomic mass is 10.0. The minimum atomic E-state index is -0.511. The molecule has 0 unspecified atom stereocenters. The summed E-state index contributed by atoms with van der Waals surface area (Å²) in [5.41, 5.74) is 0.562. The third-order valence-corrected chi connectivity index (χ3v) is 5.70. The average Bonchev–Trinajstić information content (AvgIpc) is 2.78. The Labute approximate surface area is 196 Å². The SMILES string of the molecule is CCCCCCCCCCCCCCCCCC(=O)NC(=O)Nc1ccccc1OCC. The average molecular weight is 447 g/mol. The van der Waals surface area contributed by atoms with Gasteiger partial charge in [-0.3, -0.25) is 10.1 Å². The largest absolute Gasteiger partial charge is 0.492 e. The number of hydrogen-bond acceptors (Lipinski definition) is 3.